The van der Waals surface area contributed by atoms with Crippen LogP contribution in [0.5, 0.6) is 0 Å². The highest BCUT2D eigenvalue weighted by Gasteiger charge is 2.53. The second-order valence-electron chi connectivity index (χ2n) is 6.62. The van der Waals surface area contributed by atoms with Crippen LogP contribution in [0.3, 0.4) is 0 Å². The van der Waals surface area contributed by atoms with Crippen LogP contribution >= 0.6 is 0 Å². The Balaban J connectivity index is 1.87. The number of ether oxygens (including phenoxy) is 2. The molecule has 1 aliphatic carbocycles. The van der Waals surface area contributed by atoms with Gasteiger partial charge in [-0.1, -0.05) is 0 Å². The molecule has 1 aliphatic heterocycles. The molecule has 1 unspecified atom stereocenters. The number of nitrogens with one attached hydrogen (secondary N) is 1. The van der Waals surface area contributed by atoms with Gasteiger partial charge in [-0.2, -0.15) is 0 Å². The lowest BCUT2D eigenvalue weighted by molar-refractivity contribution is -0.187. The van der Waals surface area contributed by atoms with Gasteiger partial charge in [-0.25, -0.2) is 9.59 Å². The summed E-state index contributed by atoms with van der Waals surface area (Å²) in [5, 5.41) is 11.7. The van der Waals surface area contributed by atoms with Gasteiger partial charge in [0.2, 0.25) is 0 Å². The summed E-state index contributed by atoms with van der Waals surface area (Å²) in [6.07, 6.45) is 0.908. The van der Waals surface area contributed by atoms with Crippen molar-refractivity contribution in [1.29, 1.82) is 0 Å². The highest BCUT2D eigenvalue weighted by molar-refractivity contribution is 5.80. The second kappa shape index (κ2) is 4.67. The second-order valence-corrected chi connectivity index (χ2v) is 6.62. The number of aliphatic carboxylic acids is 1. The molecule has 2 aliphatic rings. The van der Waals surface area contributed by atoms with Crippen LogP contribution in [0, 0.1) is 11.3 Å². The SMILES string of the molecule is CC(C)(C)OC(=O)NC(C(=O)O)C1CC2(COC2)C1. The summed E-state index contributed by atoms with van der Waals surface area (Å²) >= 11 is 0. The van der Waals surface area contributed by atoms with Crippen molar-refractivity contribution >= 4 is 12.1 Å². The van der Waals surface area contributed by atoms with Crippen molar-refractivity contribution in [3.63, 3.8) is 0 Å². The average molecular weight is 271 g/mol. The van der Waals surface area contributed by atoms with Crippen LogP contribution in [0.15, 0.2) is 0 Å². The molecule has 1 saturated carbocycles. The van der Waals surface area contributed by atoms with Crippen molar-refractivity contribution in [3.8, 4) is 0 Å². The molecule has 1 heterocycles. The maximum Gasteiger partial charge on any atom is 0.408 e. The first-order valence-corrected chi connectivity index (χ1v) is 6.51. The summed E-state index contributed by atoms with van der Waals surface area (Å²) in [7, 11) is 0. The fourth-order valence-electron chi connectivity index (χ4n) is 2.73. The van der Waals surface area contributed by atoms with Crippen LogP contribution in [0.1, 0.15) is 33.6 Å². The Morgan fingerprint density at radius 1 is 1.37 bits per heavy atom. The molecule has 2 fully saturated rings. The molecule has 0 aromatic carbocycles. The summed E-state index contributed by atoms with van der Waals surface area (Å²) in [5.74, 6) is -1.04. The Morgan fingerprint density at radius 2 is 1.95 bits per heavy atom. The van der Waals surface area contributed by atoms with E-state index in [2.05, 4.69) is 5.32 Å². The van der Waals surface area contributed by atoms with Crippen molar-refractivity contribution in [2.75, 3.05) is 13.2 Å². The van der Waals surface area contributed by atoms with Crippen LogP contribution in [0.2, 0.25) is 0 Å². The van der Waals surface area contributed by atoms with Crippen molar-refractivity contribution < 1.29 is 24.2 Å². The van der Waals surface area contributed by atoms with Gasteiger partial charge in [0.15, 0.2) is 0 Å². The third kappa shape index (κ3) is 3.18. The Bertz CT molecular complexity index is 375. The van der Waals surface area contributed by atoms with Crippen molar-refractivity contribution in [2.45, 2.75) is 45.3 Å². The summed E-state index contributed by atoms with van der Waals surface area (Å²) in [5.41, 5.74) is -0.455. The Hall–Kier alpha value is -1.30. The largest absolute Gasteiger partial charge is 0.480 e. The number of rotatable bonds is 3. The third-order valence-electron chi connectivity index (χ3n) is 3.62. The first-order chi connectivity index (χ1) is 8.71. The molecule has 1 atom stereocenters. The zero-order valence-electron chi connectivity index (χ0n) is 11.6. The molecular formula is C13H21NO5. The predicted molar refractivity (Wildman–Crippen MR) is 66.8 cm³/mol. The van der Waals surface area contributed by atoms with Gasteiger partial charge in [-0.3, -0.25) is 0 Å². The minimum atomic E-state index is -1.01. The Labute approximate surface area is 112 Å². The van der Waals surface area contributed by atoms with Crippen molar-refractivity contribution in [1.82, 2.24) is 5.32 Å². The molecule has 2 rings (SSSR count). The molecule has 1 amide bonds. The maximum absolute atomic E-state index is 11.6. The molecule has 19 heavy (non-hydrogen) atoms. The lowest BCUT2D eigenvalue weighted by atomic mass is 9.58. The van der Waals surface area contributed by atoms with Crippen LogP contribution in [-0.4, -0.2) is 42.0 Å². The van der Waals surface area contributed by atoms with Gasteiger partial charge in [-0.05, 0) is 39.5 Å². The molecular weight excluding hydrogens is 250 g/mol. The highest BCUT2D eigenvalue weighted by Crippen LogP contribution is 2.51. The van der Waals surface area contributed by atoms with Gasteiger partial charge in [0, 0.05) is 5.41 Å². The fraction of sp³-hybridized carbons (Fsp3) is 0.846. The topological polar surface area (TPSA) is 84.9 Å². The zero-order chi connectivity index (χ0) is 14.3. The predicted octanol–water partition coefficient (Wildman–Crippen LogP) is 1.39. The van der Waals surface area contributed by atoms with E-state index in [1.165, 1.54) is 0 Å². The summed E-state index contributed by atoms with van der Waals surface area (Å²) in [4.78, 5) is 22.9. The maximum atomic E-state index is 11.6. The van der Waals surface area contributed by atoms with E-state index in [-0.39, 0.29) is 11.3 Å². The smallest absolute Gasteiger partial charge is 0.408 e. The monoisotopic (exact) mass is 271 g/mol. The first-order valence-electron chi connectivity index (χ1n) is 6.51. The number of hydrogen-bond acceptors (Lipinski definition) is 4. The number of carboxylic acids is 1. The number of carboxylic acid groups (broad SMARTS) is 1. The van der Waals surface area contributed by atoms with Gasteiger partial charge < -0.3 is 19.9 Å². The molecule has 0 aromatic rings. The highest BCUT2D eigenvalue weighted by atomic mass is 16.6. The minimum Gasteiger partial charge on any atom is -0.480 e. The van der Waals surface area contributed by atoms with Crippen molar-refractivity contribution in [3.05, 3.63) is 0 Å². The molecule has 6 heteroatoms. The van der Waals surface area contributed by atoms with Gasteiger partial charge in [0.25, 0.3) is 0 Å². The Morgan fingerprint density at radius 3 is 2.32 bits per heavy atom. The van der Waals surface area contributed by atoms with Crippen LogP contribution in [-0.2, 0) is 14.3 Å². The summed E-state index contributed by atoms with van der Waals surface area (Å²) < 4.78 is 10.2. The van der Waals surface area contributed by atoms with Crippen LogP contribution in [0.25, 0.3) is 0 Å². The molecule has 6 nitrogen and oxygen atoms in total. The first kappa shape index (κ1) is 14.1. The van der Waals surface area contributed by atoms with E-state index in [4.69, 9.17) is 9.47 Å². The van der Waals surface area contributed by atoms with Crippen molar-refractivity contribution in [2.24, 2.45) is 11.3 Å². The molecule has 2 N–H and O–H groups in total. The molecule has 0 bridgehead atoms. The van der Waals surface area contributed by atoms with E-state index in [1.807, 2.05) is 0 Å². The number of alkyl carbamates (subject to hydrolysis) is 1. The van der Waals surface area contributed by atoms with Crippen LogP contribution < -0.4 is 5.32 Å². The van der Waals surface area contributed by atoms with Gasteiger partial charge >= 0.3 is 12.1 Å². The normalized spacial score (nSPS) is 23.1. The van der Waals surface area contributed by atoms with E-state index < -0.39 is 23.7 Å². The zero-order valence-corrected chi connectivity index (χ0v) is 11.6. The molecule has 1 saturated heterocycles. The third-order valence-corrected chi connectivity index (χ3v) is 3.62. The lowest BCUT2D eigenvalue weighted by Crippen LogP contribution is -2.59. The van der Waals surface area contributed by atoms with E-state index in [0.29, 0.717) is 13.2 Å². The molecule has 108 valence electrons. The summed E-state index contributed by atoms with van der Waals surface area (Å²) in [6.45, 7) is 6.65. The molecule has 0 radical (unpaired) electrons. The number of hydrogen-bond donors (Lipinski definition) is 2. The van der Waals surface area contributed by atoms with Gasteiger partial charge in [0.1, 0.15) is 11.6 Å². The number of carbonyl (C=O) groups excluding carboxylic acids is 1. The average Bonchev–Trinajstić information content (AvgIpc) is 2.07. The van der Waals surface area contributed by atoms with E-state index >= 15 is 0 Å². The van der Waals surface area contributed by atoms with Crippen LogP contribution in [0.4, 0.5) is 4.79 Å². The van der Waals surface area contributed by atoms with E-state index in [0.717, 1.165) is 12.8 Å². The lowest BCUT2D eigenvalue weighted by Gasteiger charge is -2.54. The van der Waals surface area contributed by atoms with Gasteiger partial charge in [0.05, 0.1) is 13.2 Å². The Kier molecular flexibility index (Phi) is 3.47. The van der Waals surface area contributed by atoms with E-state index in [1.54, 1.807) is 20.8 Å². The summed E-state index contributed by atoms with van der Waals surface area (Å²) in [6, 6.07) is -0.874. The molecule has 0 aromatic heterocycles. The fourth-order valence-corrected chi connectivity index (χ4v) is 2.73. The van der Waals surface area contributed by atoms with E-state index in [9.17, 15) is 14.7 Å². The standard InChI is InChI=1S/C13H21NO5/c1-12(2,3)19-11(17)14-9(10(15)16)8-4-13(5-8)6-18-7-13/h8-9H,4-7H2,1-3H3,(H,14,17)(H,15,16). The quantitative estimate of drug-likeness (QED) is 0.810. The number of carbonyl (C=O) groups is 2. The number of amides is 1. The van der Waals surface area contributed by atoms with Gasteiger partial charge in [-0.15, -0.1) is 0 Å². The minimum absolute atomic E-state index is 0.0334. The molecule has 1 spiro atoms.